The van der Waals surface area contributed by atoms with E-state index in [2.05, 4.69) is 118 Å². The lowest BCUT2D eigenvalue weighted by Gasteiger charge is -2.15. The molecule has 58 heavy (non-hydrogen) atoms. The van der Waals surface area contributed by atoms with Crippen molar-refractivity contribution < 1.29 is 0 Å². The highest BCUT2D eigenvalue weighted by Crippen LogP contribution is 2.45. The third kappa shape index (κ3) is 5.22. The van der Waals surface area contributed by atoms with Gasteiger partial charge in [-0.25, -0.2) is 15.0 Å². The maximum absolute atomic E-state index is 10.2. The lowest BCUT2D eigenvalue weighted by molar-refractivity contribution is 1.06. The molecule has 0 bridgehead atoms. The van der Waals surface area contributed by atoms with Crippen molar-refractivity contribution in [1.29, 1.82) is 5.26 Å². The van der Waals surface area contributed by atoms with E-state index in [1.165, 1.54) is 0 Å². The van der Waals surface area contributed by atoms with Gasteiger partial charge < -0.3 is 9.13 Å². The van der Waals surface area contributed by atoms with Gasteiger partial charge in [0.15, 0.2) is 17.5 Å². The lowest BCUT2D eigenvalue weighted by atomic mass is 9.95. The Bertz CT molecular complexity index is 3350. The number of fused-ring (bicyclic) bond motifs is 6. The van der Waals surface area contributed by atoms with Crippen LogP contribution in [0.4, 0.5) is 0 Å². The molecular weight excluding hydrogens is 709 g/mol. The van der Waals surface area contributed by atoms with Crippen LogP contribution in [-0.2, 0) is 0 Å². The van der Waals surface area contributed by atoms with Gasteiger partial charge in [-0.3, -0.25) is 0 Å². The molecule has 0 spiro atoms. The maximum atomic E-state index is 10.2. The molecule has 0 amide bonds. The first-order valence-corrected chi connectivity index (χ1v) is 19.3. The SMILES string of the molecule is N#Cc1ccccc1-n1c2ccccc2c2c(-c3cccc4c3c3ccccc3n4-c3ccccc3-c3nc(-c4ccccc4)nc(-c4ccccc4)n3)cccc21. The summed E-state index contributed by atoms with van der Waals surface area (Å²) in [7, 11) is 0. The molecule has 8 aromatic carbocycles. The van der Waals surface area contributed by atoms with Gasteiger partial charge >= 0.3 is 0 Å². The normalized spacial score (nSPS) is 11.4. The Morgan fingerprint density at radius 2 is 0.759 bits per heavy atom. The van der Waals surface area contributed by atoms with E-state index >= 15 is 0 Å². The summed E-state index contributed by atoms with van der Waals surface area (Å²) in [6.07, 6.45) is 0. The fourth-order valence-corrected chi connectivity index (χ4v) is 8.56. The topological polar surface area (TPSA) is 72.3 Å². The molecule has 0 saturated carbocycles. The van der Waals surface area contributed by atoms with Gasteiger partial charge in [0.1, 0.15) is 6.07 Å². The van der Waals surface area contributed by atoms with E-state index < -0.39 is 0 Å². The van der Waals surface area contributed by atoms with Gasteiger partial charge in [-0.1, -0.05) is 146 Å². The molecule has 270 valence electrons. The molecule has 0 unspecified atom stereocenters. The first-order valence-electron chi connectivity index (χ1n) is 19.3. The molecule has 0 saturated heterocycles. The maximum Gasteiger partial charge on any atom is 0.166 e. The van der Waals surface area contributed by atoms with Crippen molar-refractivity contribution in [3.05, 3.63) is 200 Å². The number of benzene rings is 8. The predicted octanol–water partition coefficient (Wildman–Crippen LogP) is 12.6. The number of para-hydroxylation sites is 4. The predicted molar refractivity (Wildman–Crippen MR) is 235 cm³/mol. The van der Waals surface area contributed by atoms with E-state index in [0.29, 0.717) is 23.0 Å². The number of aromatic nitrogens is 5. The minimum absolute atomic E-state index is 0.598. The molecule has 3 heterocycles. The number of hydrogen-bond acceptors (Lipinski definition) is 4. The second-order valence-corrected chi connectivity index (χ2v) is 14.3. The van der Waals surface area contributed by atoms with Crippen molar-refractivity contribution >= 4 is 43.6 Å². The standard InChI is InChI=1S/C52H32N6/c53-33-36-21-7-11-27-42(36)57-43-28-12-8-22-39(43)48-37(25-15-31-46(48)57)38-26-16-32-47-49(38)40-23-9-13-29-44(40)58(47)45-30-14-10-24-41(45)52-55-50(34-17-3-1-4-18-34)54-51(56-52)35-19-5-2-6-20-35/h1-32H. The zero-order chi connectivity index (χ0) is 38.6. The van der Waals surface area contributed by atoms with Gasteiger partial charge in [-0.05, 0) is 59.7 Å². The van der Waals surface area contributed by atoms with E-state index in [9.17, 15) is 5.26 Å². The van der Waals surface area contributed by atoms with E-state index in [1.54, 1.807) is 0 Å². The Morgan fingerprint density at radius 1 is 0.345 bits per heavy atom. The molecule has 0 atom stereocenters. The van der Waals surface area contributed by atoms with E-state index in [1.807, 2.05) is 91.0 Å². The summed E-state index contributed by atoms with van der Waals surface area (Å²) in [5.74, 6) is 1.84. The quantitative estimate of drug-likeness (QED) is 0.170. The van der Waals surface area contributed by atoms with Gasteiger partial charge in [-0.15, -0.1) is 0 Å². The molecule has 0 N–H and O–H groups in total. The van der Waals surface area contributed by atoms with Crippen molar-refractivity contribution in [1.82, 2.24) is 24.1 Å². The van der Waals surface area contributed by atoms with Crippen molar-refractivity contribution in [3.8, 4) is 62.7 Å². The van der Waals surface area contributed by atoms with Gasteiger partial charge in [0.2, 0.25) is 0 Å². The van der Waals surface area contributed by atoms with Crippen LogP contribution in [0.5, 0.6) is 0 Å². The largest absolute Gasteiger partial charge is 0.308 e. The van der Waals surface area contributed by atoms with Crippen LogP contribution in [0.15, 0.2) is 194 Å². The molecule has 11 aromatic rings. The van der Waals surface area contributed by atoms with Crippen LogP contribution >= 0.6 is 0 Å². The second kappa shape index (κ2) is 13.6. The number of hydrogen-bond donors (Lipinski definition) is 0. The Kier molecular flexibility index (Phi) is 7.76. The Hall–Kier alpha value is -8.14. The highest BCUT2D eigenvalue weighted by atomic mass is 15.1. The highest BCUT2D eigenvalue weighted by molar-refractivity contribution is 6.22. The van der Waals surface area contributed by atoms with Crippen LogP contribution < -0.4 is 0 Å². The number of rotatable bonds is 6. The summed E-state index contributed by atoms with van der Waals surface area (Å²) in [5, 5.41) is 14.7. The molecule has 0 aliphatic carbocycles. The second-order valence-electron chi connectivity index (χ2n) is 14.3. The fraction of sp³-hybridized carbons (Fsp3) is 0. The zero-order valence-corrected chi connectivity index (χ0v) is 31.2. The number of nitrogens with zero attached hydrogens (tertiary/aromatic N) is 6. The minimum atomic E-state index is 0.598. The van der Waals surface area contributed by atoms with E-state index in [4.69, 9.17) is 15.0 Å². The molecule has 0 aliphatic rings. The van der Waals surface area contributed by atoms with Crippen LogP contribution in [-0.4, -0.2) is 24.1 Å². The van der Waals surface area contributed by atoms with Crippen molar-refractivity contribution in [3.63, 3.8) is 0 Å². The van der Waals surface area contributed by atoms with Crippen molar-refractivity contribution in [2.45, 2.75) is 0 Å². The Labute approximate surface area is 334 Å². The first-order chi connectivity index (χ1) is 28.8. The van der Waals surface area contributed by atoms with Gasteiger partial charge in [0.25, 0.3) is 0 Å². The summed E-state index contributed by atoms with van der Waals surface area (Å²) < 4.78 is 4.58. The average molecular weight is 741 g/mol. The molecule has 0 radical (unpaired) electrons. The van der Waals surface area contributed by atoms with Crippen molar-refractivity contribution in [2.24, 2.45) is 0 Å². The molecule has 0 aliphatic heterocycles. The average Bonchev–Trinajstić information content (AvgIpc) is 3.82. The van der Waals surface area contributed by atoms with E-state index in [0.717, 1.165) is 82.8 Å². The van der Waals surface area contributed by atoms with Crippen LogP contribution in [0.1, 0.15) is 5.56 Å². The Balaban J connectivity index is 1.18. The van der Waals surface area contributed by atoms with Gasteiger partial charge in [0, 0.05) is 38.2 Å². The molecule has 11 rings (SSSR count). The summed E-state index contributed by atoms with van der Waals surface area (Å²) in [6.45, 7) is 0. The smallest absolute Gasteiger partial charge is 0.166 e. The zero-order valence-electron chi connectivity index (χ0n) is 31.2. The third-order valence-corrected chi connectivity index (χ3v) is 11.0. The van der Waals surface area contributed by atoms with Crippen LogP contribution in [0.2, 0.25) is 0 Å². The van der Waals surface area contributed by atoms with Gasteiger partial charge in [-0.2, -0.15) is 5.26 Å². The summed E-state index contributed by atoms with van der Waals surface area (Å²) >= 11 is 0. The summed E-state index contributed by atoms with van der Waals surface area (Å²) in [4.78, 5) is 15.2. The molecule has 3 aromatic heterocycles. The molecule has 0 fully saturated rings. The third-order valence-electron chi connectivity index (χ3n) is 11.0. The van der Waals surface area contributed by atoms with E-state index in [-0.39, 0.29) is 0 Å². The molecule has 6 heteroatoms. The molecular formula is C52H32N6. The van der Waals surface area contributed by atoms with Gasteiger partial charge in [0.05, 0.1) is 39.0 Å². The fourth-order valence-electron chi connectivity index (χ4n) is 8.56. The summed E-state index contributed by atoms with van der Waals surface area (Å²) in [5.41, 5.74) is 11.7. The van der Waals surface area contributed by atoms with Crippen molar-refractivity contribution in [2.75, 3.05) is 0 Å². The summed E-state index contributed by atoms with van der Waals surface area (Å²) in [6, 6.07) is 69.1. The number of nitriles is 1. The molecule has 6 nitrogen and oxygen atoms in total. The lowest BCUT2D eigenvalue weighted by Crippen LogP contribution is -2.03. The Morgan fingerprint density at radius 3 is 1.33 bits per heavy atom. The highest BCUT2D eigenvalue weighted by Gasteiger charge is 2.23. The minimum Gasteiger partial charge on any atom is -0.308 e. The first kappa shape index (κ1) is 33.2. The van der Waals surface area contributed by atoms with Crippen LogP contribution in [0.25, 0.3) is 100 Å². The van der Waals surface area contributed by atoms with Crippen LogP contribution in [0, 0.1) is 11.3 Å². The van der Waals surface area contributed by atoms with Crippen LogP contribution in [0.3, 0.4) is 0 Å². The monoisotopic (exact) mass is 740 g/mol.